The van der Waals surface area contributed by atoms with E-state index in [0.29, 0.717) is 6.67 Å². The number of hydrogen-bond donors (Lipinski definition) is 3. The minimum Gasteiger partial charge on any atom is -0.299 e. The van der Waals surface area contributed by atoms with Gasteiger partial charge in [0, 0.05) is 18.9 Å². The van der Waals surface area contributed by atoms with Crippen molar-refractivity contribution in [1.29, 1.82) is 0 Å². The van der Waals surface area contributed by atoms with Gasteiger partial charge in [0.1, 0.15) is 0 Å². The van der Waals surface area contributed by atoms with Crippen LogP contribution in [0, 0.1) is 0 Å². The lowest BCUT2D eigenvalue weighted by molar-refractivity contribution is 0.601. The Labute approximate surface area is 65.8 Å². The lowest BCUT2D eigenvalue weighted by Crippen LogP contribution is -2.33. The van der Waals surface area contributed by atoms with E-state index in [-0.39, 0.29) is 0 Å². The van der Waals surface area contributed by atoms with Crippen LogP contribution in [0.5, 0.6) is 0 Å². The number of nitrogens with two attached hydrogens (primary N) is 1. The Balaban J connectivity index is 2.28. The van der Waals surface area contributed by atoms with E-state index in [0.717, 1.165) is 6.54 Å². The van der Waals surface area contributed by atoms with E-state index in [1.165, 1.54) is 5.56 Å². The van der Waals surface area contributed by atoms with Crippen LogP contribution in [0.15, 0.2) is 24.5 Å². The molecule has 0 atom stereocenters. The molecule has 0 unspecified atom stereocenters. The molecule has 60 valence electrons. The third-order valence-corrected chi connectivity index (χ3v) is 1.31. The minimum atomic E-state index is 0.613. The van der Waals surface area contributed by atoms with Crippen molar-refractivity contribution >= 4 is 0 Å². The first-order chi connectivity index (χ1) is 5.43. The molecule has 1 heterocycles. The van der Waals surface area contributed by atoms with E-state index < -0.39 is 0 Å². The maximum atomic E-state index is 5.07. The fourth-order valence-electron chi connectivity index (χ4n) is 0.780. The van der Waals surface area contributed by atoms with Gasteiger partial charge in [-0.05, 0) is 17.7 Å². The number of rotatable bonds is 4. The van der Waals surface area contributed by atoms with Gasteiger partial charge in [-0.2, -0.15) is 0 Å². The predicted molar refractivity (Wildman–Crippen MR) is 43.3 cm³/mol. The third-order valence-electron chi connectivity index (χ3n) is 1.31. The van der Waals surface area contributed by atoms with Crippen LogP contribution in [0.4, 0.5) is 0 Å². The first kappa shape index (κ1) is 8.13. The van der Waals surface area contributed by atoms with Crippen molar-refractivity contribution in [1.82, 2.24) is 15.7 Å². The molecule has 0 aliphatic carbocycles. The van der Waals surface area contributed by atoms with Gasteiger partial charge in [-0.1, -0.05) is 0 Å². The highest BCUT2D eigenvalue weighted by atomic mass is 15.3. The Bertz CT molecular complexity index is 187. The van der Waals surface area contributed by atoms with E-state index in [9.17, 15) is 0 Å². The molecule has 0 amide bonds. The Morgan fingerprint density at radius 1 is 1.36 bits per heavy atom. The van der Waals surface area contributed by atoms with Crippen LogP contribution in [0.2, 0.25) is 0 Å². The lowest BCUT2D eigenvalue weighted by atomic mass is 10.3. The van der Waals surface area contributed by atoms with Gasteiger partial charge in [-0.25, -0.2) is 5.43 Å². The maximum absolute atomic E-state index is 5.07. The minimum absolute atomic E-state index is 0.613. The molecule has 0 saturated heterocycles. The number of pyridine rings is 1. The van der Waals surface area contributed by atoms with E-state index >= 15 is 0 Å². The van der Waals surface area contributed by atoms with Gasteiger partial charge in [-0.15, -0.1) is 0 Å². The highest BCUT2D eigenvalue weighted by molar-refractivity contribution is 5.08. The third kappa shape index (κ3) is 3.08. The van der Waals surface area contributed by atoms with Crippen LogP contribution in [0.3, 0.4) is 0 Å². The van der Waals surface area contributed by atoms with Gasteiger partial charge >= 0.3 is 0 Å². The molecular formula is C7H12N4. The molecule has 0 aromatic carbocycles. The van der Waals surface area contributed by atoms with Gasteiger partial charge in [-0.3, -0.25) is 16.1 Å². The standard InChI is InChI=1S/C7H12N4/c8-11-6-10-5-7-1-3-9-4-2-7/h1-4,10-11H,5-6,8H2. The zero-order chi connectivity index (χ0) is 7.94. The Kier molecular flexibility index (Phi) is 3.54. The number of aromatic nitrogens is 1. The average molecular weight is 152 g/mol. The monoisotopic (exact) mass is 152 g/mol. The fraction of sp³-hybridized carbons (Fsp3) is 0.286. The molecule has 0 aliphatic heterocycles. The summed E-state index contributed by atoms with van der Waals surface area (Å²) < 4.78 is 0. The van der Waals surface area contributed by atoms with Crippen molar-refractivity contribution in [3.8, 4) is 0 Å². The molecular weight excluding hydrogens is 140 g/mol. The summed E-state index contributed by atoms with van der Waals surface area (Å²) in [5, 5.41) is 3.09. The lowest BCUT2D eigenvalue weighted by Gasteiger charge is -2.01. The van der Waals surface area contributed by atoms with Gasteiger partial charge < -0.3 is 0 Å². The van der Waals surface area contributed by atoms with Crippen molar-refractivity contribution in [2.24, 2.45) is 5.84 Å². The Morgan fingerprint density at radius 3 is 2.73 bits per heavy atom. The molecule has 4 heteroatoms. The number of nitrogens with zero attached hydrogens (tertiary/aromatic N) is 1. The molecule has 0 aliphatic rings. The highest BCUT2D eigenvalue weighted by Crippen LogP contribution is 1.93. The van der Waals surface area contributed by atoms with Crippen molar-refractivity contribution < 1.29 is 0 Å². The maximum Gasteiger partial charge on any atom is 0.0590 e. The molecule has 0 radical (unpaired) electrons. The molecule has 4 N–H and O–H groups in total. The quantitative estimate of drug-likeness (QED) is 0.237. The summed E-state index contributed by atoms with van der Waals surface area (Å²) in [5.41, 5.74) is 3.72. The zero-order valence-corrected chi connectivity index (χ0v) is 6.25. The molecule has 0 bridgehead atoms. The smallest absolute Gasteiger partial charge is 0.0590 e. The summed E-state index contributed by atoms with van der Waals surface area (Å²) in [5.74, 6) is 5.07. The first-order valence-corrected chi connectivity index (χ1v) is 3.46. The second-order valence-electron chi connectivity index (χ2n) is 2.16. The molecule has 11 heavy (non-hydrogen) atoms. The van der Waals surface area contributed by atoms with Crippen molar-refractivity contribution in [2.45, 2.75) is 6.54 Å². The van der Waals surface area contributed by atoms with E-state index in [4.69, 9.17) is 5.84 Å². The summed E-state index contributed by atoms with van der Waals surface area (Å²) in [7, 11) is 0. The molecule has 1 rings (SSSR count). The first-order valence-electron chi connectivity index (χ1n) is 3.46. The topological polar surface area (TPSA) is 63.0 Å². The van der Waals surface area contributed by atoms with Crippen molar-refractivity contribution in [3.63, 3.8) is 0 Å². The second kappa shape index (κ2) is 4.79. The number of hydrazine groups is 1. The summed E-state index contributed by atoms with van der Waals surface area (Å²) in [6.07, 6.45) is 3.54. The predicted octanol–water partition coefficient (Wildman–Crippen LogP) is -0.408. The van der Waals surface area contributed by atoms with Crippen molar-refractivity contribution in [2.75, 3.05) is 6.67 Å². The fourth-order valence-corrected chi connectivity index (χ4v) is 0.780. The van der Waals surface area contributed by atoms with Crippen LogP contribution >= 0.6 is 0 Å². The van der Waals surface area contributed by atoms with Gasteiger partial charge in [0.15, 0.2) is 0 Å². The normalized spacial score (nSPS) is 9.91. The van der Waals surface area contributed by atoms with Crippen LogP contribution in [-0.2, 0) is 6.54 Å². The number of hydrogen-bond acceptors (Lipinski definition) is 4. The molecule has 0 spiro atoms. The SMILES string of the molecule is NNCNCc1ccncc1. The van der Waals surface area contributed by atoms with Crippen molar-refractivity contribution in [3.05, 3.63) is 30.1 Å². The Morgan fingerprint density at radius 2 is 2.09 bits per heavy atom. The Hall–Kier alpha value is -0.970. The summed E-state index contributed by atoms with van der Waals surface area (Å²) in [6, 6.07) is 3.92. The summed E-state index contributed by atoms with van der Waals surface area (Å²) >= 11 is 0. The van der Waals surface area contributed by atoms with Crippen LogP contribution in [0.25, 0.3) is 0 Å². The van der Waals surface area contributed by atoms with Crippen LogP contribution in [-0.4, -0.2) is 11.7 Å². The molecule has 0 fully saturated rings. The van der Waals surface area contributed by atoms with E-state index in [1.807, 2.05) is 12.1 Å². The molecule has 0 saturated carbocycles. The van der Waals surface area contributed by atoms with E-state index in [2.05, 4.69) is 15.7 Å². The number of nitrogens with one attached hydrogen (secondary N) is 2. The summed E-state index contributed by atoms with van der Waals surface area (Å²) in [4.78, 5) is 3.91. The second-order valence-corrected chi connectivity index (χ2v) is 2.16. The highest BCUT2D eigenvalue weighted by Gasteiger charge is 1.87. The zero-order valence-electron chi connectivity index (χ0n) is 6.25. The van der Waals surface area contributed by atoms with E-state index in [1.54, 1.807) is 12.4 Å². The molecule has 1 aromatic heterocycles. The van der Waals surface area contributed by atoms with Gasteiger partial charge in [0.05, 0.1) is 6.67 Å². The van der Waals surface area contributed by atoms with Crippen LogP contribution in [0.1, 0.15) is 5.56 Å². The molecule has 4 nitrogen and oxygen atoms in total. The summed E-state index contributed by atoms with van der Waals surface area (Å²) in [6.45, 7) is 1.43. The molecule has 1 aromatic rings. The average Bonchev–Trinajstić information content (AvgIpc) is 2.07. The van der Waals surface area contributed by atoms with Gasteiger partial charge in [0.25, 0.3) is 0 Å². The largest absolute Gasteiger partial charge is 0.299 e. The van der Waals surface area contributed by atoms with Crippen LogP contribution < -0.4 is 16.6 Å². The van der Waals surface area contributed by atoms with Gasteiger partial charge in [0.2, 0.25) is 0 Å².